The van der Waals surface area contributed by atoms with Crippen LogP contribution < -0.4 is 21.7 Å². The van der Waals surface area contributed by atoms with E-state index in [1.807, 2.05) is 0 Å². The van der Waals surface area contributed by atoms with E-state index in [1.165, 1.54) is 12.8 Å². The van der Waals surface area contributed by atoms with E-state index in [9.17, 15) is 0 Å². The smallest absolute Gasteiger partial charge is 0.154 e. The number of aromatic nitrogens is 3. The number of hydrogen-bond acceptors (Lipinski definition) is 8. The van der Waals surface area contributed by atoms with Gasteiger partial charge in [0.2, 0.25) is 0 Å². The first-order valence-corrected chi connectivity index (χ1v) is 10.4. The van der Waals surface area contributed by atoms with Gasteiger partial charge < -0.3 is 21.7 Å². The Morgan fingerprint density at radius 3 is 2.69 bits per heavy atom. The standard InChI is InChI=1S/C20H27ClN8/c1-25-19-15(21)12(4-8-26-19)16(23)17-18(24)28-14(11-27-17)29-9-6-20(7-10-29)5-2-3-13(20)22/h4,8,11,13,23H,2-3,5-7,9-10,22H2,1H3,(H2,24,28)(H,25,26)/t13-/m1/s1. The maximum absolute atomic E-state index is 8.52. The molecule has 0 unspecified atom stereocenters. The summed E-state index contributed by atoms with van der Waals surface area (Å²) < 4.78 is 0. The fourth-order valence-electron chi connectivity index (χ4n) is 4.64. The van der Waals surface area contributed by atoms with Crippen molar-refractivity contribution in [2.45, 2.75) is 38.1 Å². The van der Waals surface area contributed by atoms with E-state index in [4.69, 9.17) is 28.5 Å². The summed E-state index contributed by atoms with van der Waals surface area (Å²) in [5.41, 5.74) is 13.8. The molecule has 0 aromatic carbocycles. The zero-order valence-corrected chi connectivity index (χ0v) is 17.3. The summed E-state index contributed by atoms with van der Waals surface area (Å²) >= 11 is 6.36. The molecule has 2 fully saturated rings. The Bertz CT molecular complexity index is 923. The molecule has 0 bridgehead atoms. The van der Waals surface area contributed by atoms with Gasteiger partial charge in [0.15, 0.2) is 5.82 Å². The predicted octanol–water partition coefficient (Wildman–Crippen LogP) is 2.66. The van der Waals surface area contributed by atoms with Crippen molar-refractivity contribution in [3.8, 4) is 0 Å². The van der Waals surface area contributed by atoms with Crippen LogP contribution in [0.3, 0.4) is 0 Å². The second kappa shape index (κ2) is 7.76. The highest BCUT2D eigenvalue weighted by Gasteiger charge is 2.43. The Kier molecular flexibility index (Phi) is 5.31. The van der Waals surface area contributed by atoms with Gasteiger partial charge in [-0.2, -0.15) is 0 Å². The third-order valence-electron chi connectivity index (χ3n) is 6.48. The van der Waals surface area contributed by atoms with Crippen molar-refractivity contribution >= 4 is 34.8 Å². The number of anilines is 3. The third-order valence-corrected chi connectivity index (χ3v) is 6.86. The molecule has 2 aliphatic rings. The molecule has 0 amide bonds. The van der Waals surface area contributed by atoms with Gasteiger partial charge in [0.25, 0.3) is 0 Å². The number of halogens is 1. The highest BCUT2D eigenvalue weighted by atomic mass is 35.5. The van der Waals surface area contributed by atoms with Crippen LogP contribution in [0, 0.1) is 10.8 Å². The maximum atomic E-state index is 8.52. The normalized spacial score (nSPS) is 20.8. The molecule has 3 heterocycles. The molecule has 4 rings (SSSR count). The zero-order valence-electron chi connectivity index (χ0n) is 16.6. The number of hydrogen-bond donors (Lipinski definition) is 4. The van der Waals surface area contributed by atoms with E-state index in [0.717, 1.165) is 38.2 Å². The van der Waals surface area contributed by atoms with Gasteiger partial charge in [-0.05, 0) is 37.2 Å². The minimum atomic E-state index is 0.125. The fourth-order valence-corrected chi connectivity index (χ4v) is 4.95. The zero-order chi connectivity index (χ0) is 20.6. The highest BCUT2D eigenvalue weighted by Crippen LogP contribution is 2.45. The van der Waals surface area contributed by atoms with Crippen molar-refractivity contribution in [1.29, 1.82) is 5.41 Å². The lowest BCUT2D eigenvalue weighted by atomic mass is 9.74. The van der Waals surface area contributed by atoms with Gasteiger partial charge in [-0.1, -0.05) is 18.0 Å². The Morgan fingerprint density at radius 2 is 2.07 bits per heavy atom. The number of nitrogens with one attached hydrogen (secondary N) is 2. The molecule has 1 aliphatic carbocycles. The fraction of sp³-hybridized carbons (Fsp3) is 0.500. The molecule has 9 heteroatoms. The number of nitrogens with two attached hydrogens (primary N) is 2. The first-order chi connectivity index (χ1) is 13.9. The van der Waals surface area contributed by atoms with Crippen LogP contribution in [0.25, 0.3) is 0 Å². The van der Waals surface area contributed by atoms with Gasteiger partial charge >= 0.3 is 0 Å². The van der Waals surface area contributed by atoms with Crippen molar-refractivity contribution in [2.24, 2.45) is 11.1 Å². The number of pyridine rings is 1. The van der Waals surface area contributed by atoms with E-state index in [2.05, 4.69) is 25.2 Å². The summed E-state index contributed by atoms with van der Waals surface area (Å²) in [5.74, 6) is 1.48. The molecular formula is C20H27ClN8. The van der Waals surface area contributed by atoms with E-state index in [-0.39, 0.29) is 11.5 Å². The van der Waals surface area contributed by atoms with Gasteiger partial charge in [0, 0.05) is 37.9 Å². The van der Waals surface area contributed by atoms with Gasteiger partial charge in [0.1, 0.15) is 17.3 Å². The Morgan fingerprint density at radius 1 is 1.31 bits per heavy atom. The number of rotatable bonds is 4. The van der Waals surface area contributed by atoms with Crippen LogP contribution >= 0.6 is 11.6 Å². The molecule has 154 valence electrons. The second-order valence-corrected chi connectivity index (χ2v) is 8.33. The van der Waals surface area contributed by atoms with Crippen LogP contribution in [-0.4, -0.2) is 46.8 Å². The summed E-state index contributed by atoms with van der Waals surface area (Å²) in [6.07, 6.45) is 9.04. The maximum Gasteiger partial charge on any atom is 0.154 e. The molecule has 1 spiro atoms. The van der Waals surface area contributed by atoms with Crippen LogP contribution in [-0.2, 0) is 0 Å². The van der Waals surface area contributed by atoms with E-state index in [0.29, 0.717) is 33.6 Å². The van der Waals surface area contributed by atoms with Crippen molar-refractivity contribution in [1.82, 2.24) is 15.0 Å². The van der Waals surface area contributed by atoms with Gasteiger partial charge in [-0.25, -0.2) is 15.0 Å². The molecule has 1 saturated heterocycles. The lowest BCUT2D eigenvalue weighted by Crippen LogP contribution is -2.47. The summed E-state index contributed by atoms with van der Waals surface area (Å²) in [4.78, 5) is 15.4. The van der Waals surface area contributed by atoms with Crippen LogP contribution in [0.4, 0.5) is 17.5 Å². The molecule has 1 saturated carbocycles. The molecule has 1 atom stereocenters. The number of piperidine rings is 1. The second-order valence-electron chi connectivity index (χ2n) is 7.96. The first-order valence-electron chi connectivity index (χ1n) is 10.00. The van der Waals surface area contributed by atoms with E-state index < -0.39 is 0 Å². The monoisotopic (exact) mass is 414 g/mol. The van der Waals surface area contributed by atoms with Gasteiger partial charge in [0.05, 0.1) is 16.9 Å². The molecule has 29 heavy (non-hydrogen) atoms. The highest BCUT2D eigenvalue weighted by molar-refractivity contribution is 6.37. The first kappa shape index (κ1) is 19.8. The summed E-state index contributed by atoms with van der Waals surface area (Å²) in [5, 5.41) is 11.8. The Hall–Kier alpha value is -2.45. The molecular weight excluding hydrogens is 388 g/mol. The molecule has 1 aliphatic heterocycles. The molecule has 2 aromatic rings. The molecule has 0 radical (unpaired) electrons. The quantitative estimate of drug-likeness (QED) is 0.565. The van der Waals surface area contributed by atoms with Gasteiger partial charge in [-0.3, -0.25) is 5.41 Å². The summed E-state index contributed by atoms with van der Waals surface area (Å²) in [6.45, 7) is 1.81. The number of nitrogen functional groups attached to an aromatic ring is 1. The van der Waals surface area contributed by atoms with Crippen LogP contribution in [0.5, 0.6) is 0 Å². The van der Waals surface area contributed by atoms with Crippen molar-refractivity contribution in [3.05, 3.63) is 34.7 Å². The lowest BCUT2D eigenvalue weighted by molar-refractivity contribution is 0.197. The average molecular weight is 415 g/mol. The van der Waals surface area contributed by atoms with E-state index >= 15 is 0 Å². The topological polar surface area (TPSA) is 130 Å². The third kappa shape index (κ3) is 3.51. The van der Waals surface area contributed by atoms with Gasteiger partial charge in [-0.15, -0.1) is 0 Å². The van der Waals surface area contributed by atoms with Crippen LogP contribution in [0.15, 0.2) is 18.5 Å². The Balaban J connectivity index is 1.52. The SMILES string of the molecule is CNc1nccc(C(=N)c2ncc(N3CCC4(CCC[C@H]4N)CC3)nc2N)c1Cl. The van der Waals surface area contributed by atoms with Crippen molar-refractivity contribution in [2.75, 3.05) is 36.1 Å². The number of nitrogens with zero attached hydrogens (tertiary/aromatic N) is 4. The van der Waals surface area contributed by atoms with E-state index in [1.54, 1.807) is 25.5 Å². The average Bonchev–Trinajstić information content (AvgIpc) is 3.08. The molecule has 8 nitrogen and oxygen atoms in total. The van der Waals surface area contributed by atoms with Crippen molar-refractivity contribution in [3.63, 3.8) is 0 Å². The molecule has 2 aromatic heterocycles. The minimum Gasteiger partial charge on any atom is -0.382 e. The van der Waals surface area contributed by atoms with Crippen molar-refractivity contribution < 1.29 is 0 Å². The Labute approximate surface area is 175 Å². The summed E-state index contributed by atoms with van der Waals surface area (Å²) in [6, 6.07) is 1.99. The predicted molar refractivity (Wildman–Crippen MR) is 117 cm³/mol. The van der Waals surface area contributed by atoms with Crippen LogP contribution in [0.1, 0.15) is 43.4 Å². The molecule has 6 N–H and O–H groups in total. The largest absolute Gasteiger partial charge is 0.382 e. The minimum absolute atomic E-state index is 0.125. The van der Waals surface area contributed by atoms with Crippen LogP contribution in [0.2, 0.25) is 5.02 Å². The summed E-state index contributed by atoms with van der Waals surface area (Å²) in [7, 11) is 1.73. The lowest BCUT2D eigenvalue weighted by Gasteiger charge is -2.42.